The Morgan fingerprint density at radius 3 is 2.94 bits per heavy atom. The largest absolute Gasteiger partial charge is 0.354 e. The molecule has 16 heavy (non-hydrogen) atoms. The Morgan fingerprint density at radius 2 is 2.31 bits per heavy atom. The Bertz CT molecular complexity index is 219. The summed E-state index contributed by atoms with van der Waals surface area (Å²) in [4.78, 5) is 11.7. The Labute approximate surface area is 112 Å². The van der Waals surface area contributed by atoms with Gasteiger partial charge < -0.3 is 10.6 Å². The molecule has 0 radical (unpaired) electrons. The van der Waals surface area contributed by atoms with Gasteiger partial charge in [0.2, 0.25) is 5.91 Å². The fourth-order valence-electron chi connectivity index (χ4n) is 1.90. The van der Waals surface area contributed by atoms with Gasteiger partial charge in [-0.15, -0.1) is 12.4 Å². The first-order valence-corrected chi connectivity index (χ1v) is 7.77. The molecule has 6 heteroatoms. The van der Waals surface area contributed by atoms with E-state index in [1.807, 2.05) is 23.5 Å². The molecule has 0 aliphatic carbocycles. The number of nitrogens with one attached hydrogen (secondary N) is 2. The summed E-state index contributed by atoms with van der Waals surface area (Å²) < 4.78 is 0. The van der Waals surface area contributed by atoms with Gasteiger partial charge in [-0.25, -0.2) is 0 Å². The second-order valence-corrected chi connectivity index (χ2v) is 6.52. The second kappa shape index (κ2) is 7.69. The molecule has 2 aliphatic heterocycles. The lowest BCUT2D eigenvalue weighted by Gasteiger charge is -2.22. The van der Waals surface area contributed by atoms with Crippen LogP contribution in [0.3, 0.4) is 0 Å². The fraction of sp³-hybridized carbons (Fsp3) is 0.900. The molecule has 3 nitrogen and oxygen atoms in total. The van der Waals surface area contributed by atoms with E-state index in [-0.39, 0.29) is 24.4 Å². The molecule has 0 bridgehead atoms. The van der Waals surface area contributed by atoms with E-state index < -0.39 is 0 Å². The van der Waals surface area contributed by atoms with E-state index in [0.29, 0.717) is 5.25 Å². The molecule has 2 fully saturated rings. The highest BCUT2D eigenvalue weighted by atomic mass is 35.5. The molecule has 0 saturated carbocycles. The molecular weight excluding hydrogens is 264 g/mol. The summed E-state index contributed by atoms with van der Waals surface area (Å²) in [6.07, 6.45) is 2.13. The zero-order valence-corrected chi connectivity index (χ0v) is 11.7. The third-order valence-corrected chi connectivity index (χ3v) is 5.61. The maximum absolute atomic E-state index is 11.7. The van der Waals surface area contributed by atoms with Gasteiger partial charge in [-0.1, -0.05) is 0 Å². The van der Waals surface area contributed by atoms with Crippen molar-refractivity contribution in [3.05, 3.63) is 0 Å². The van der Waals surface area contributed by atoms with Crippen LogP contribution >= 0.6 is 35.9 Å². The van der Waals surface area contributed by atoms with Crippen molar-refractivity contribution >= 4 is 41.8 Å². The predicted molar refractivity (Wildman–Crippen MR) is 74.9 cm³/mol. The summed E-state index contributed by atoms with van der Waals surface area (Å²) in [6.45, 7) is 1.83. The van der Waals surface area contributed by atoms with Gasteiger partial charge >= 0.3 is 0 Å². The predicted octanol–water partition coefficient (Wildman–Crippen LogP) is 1.12. The number of carbonyl (C=O) groups is 1. The lowest BCUT2D eigenvalue weighted by molar-refractivity contribution is -0.122. The van der Waals surface area contributed by atoms with Crippen LogP contribution in [0.15, 0.2) is 0 Å². The quantitative estimate of drug-likeness (QED) is 0.814. The first-order valence-electron chi connectivity index (χ1n) is 5.57. The number of hydrogen-bond donors (Lipinski definition) is 2. The van der Waals surface area contributed by atoms with Gasteiger partial charge in [-0.3, -0.25) is 4.79 Å². The maximum atomic E-state index is 11.7. The summed E-state index contributed by atoms with van der Waals surface area (Å²) in [6, 6.07) is 0.0752. The van der Waals surface area contributed by atoms with Crippen LogP contribution < -0.4 is 10.6 Å². The SMILES string of the molecule is Cl.O=C(NCC1CSCCS1)[C@@H]1CCCN1. The van der Waals surface area contributed by atoms with Gasteiger partial charge in [0, 0.05) is 29.1 Å². The second-order valence-electron chi connectivity index (χ2n) is 3.96. The van der Waals surface area contributed by atoms with Crippen LogP contribution in [0.1, 0.15) is 12.8 Å². The standard InChI is InChI=1S/C10H18N2OS2.ClH/c13-10(9-2-1-3-11-9)12-6-8-7-14-4-5-15-8;/h8-9,11H,1-7H2,(H,12,13);1H/t8?,9-;/m0./s1. The number of rotatable bonds is 3. The molecule has 2 rings (SSSR count). The molecule has 94 valence electrons. The van der Waals surface area contributed by atoms with Crippen molar-refractivity contribution in [2.45, 2.75) is 24.1 Å². The van der Waals surface area contributed by atoms with E-state index in [1.165, 1.54) is 17.3 Å². The van der Waals surface area contributed by atoms with E-state index in [9.17, 15) is 4.79 Å². The van der Waals surface area contributed by atoms with E-state index >= 15 is 0 Å². The zero-order valence-electron chi connectivity index (χ0n) is 9.24. The number of amides is 1. The van der Waals surface area contributed by atoms with Gasteiger partial charge in [0.1, 0.15) is 0 Å². The summed E-state index contributed by atoms with van der Waals surface area (Å²) in [5, 5.41) is 6.90. The molecule has 2 N–H and O–H groups in total. The lowest BCUT2D eigenvalue weighted by atomic mass is 10.2. The average Bonchev–Trinajstić information content (AvgIpc) is 2.81. The van der Waals surface area contributed by atoms with Gasteiger partial charge in [-0.2, -0.15) is 23.5 Å². The van der Waals surface area contributed by atoms with E-state index in [4.69, 9.17) is 0 Å². The van der Waals surface area contributed by atoms with Crippen LogP contribution in [0.25, 0.3) is 0 Å². The average molecular weight is 283 g/mol. The molecule has 1 amide bonds. The van der Waals surface area contributed by atoms with Crippen molar-refractivity contribution in [1.29, 1.82) is 0 Å². The Balaban J connectivity index is 0.00000128. The van der Waals surface area contributed by atoms with Crippen molar-refractivity contribution in [2.24, 2.45) is 0 Å². The van der Waals surface area contributed by atoms with Crippen LogP contribution in [0.2, 0.25) is 0 Å². The number of carbonyl (C=O) groups excluding carboxylic acids is 1. The zero-order chi connectivity index (χ0) is 10.5. The van der Waals surface area contributed by atoms with Crippen molar-refractivity contribution in [3.8, 4) is 0 Å². The van der Waals surface area contributed by atoms with Crippen LogP contribution in [0.5, 0.6) is 0 Å². The van der Waals surface area contributed by atoms with Crippen molar-refractivity contribution in [2.75, 3.05) is 30.3 Å². The van der Waals surface area contributed by atoms with Crippen molar-refractivity contribution < 1.29 is 4.79 Å². The normalized spacial score (nSPS) is 29.5. The highest BCUT2D eigenvalue weighted by Gasteiger charge is 2.23. The monoisotopic (exact) mass is 282 g/mol. The molecule has 0 spiro atoms. The molecule has 0 aromatic rings. The van der Waals surface area contributed by atoms with E-state index in [0.717, 1.165) is 25.9 Å². The van der Waals surface area contributed by atoms with Crippen LogP contribution in [-0.4, -0.2) is 47.5 Å². The van der Waals surface area contributed by atoms with Gasteiger partial charge in [-0.05, 0) is 19.4 Å². The highest BCUT2D eigenvalue weighted by Crippen LogP contribution is 2.23. The Hall–Kier alpha value is 0.420. The minimum absolute atomic E-state index is 0. The summed E-state index contributed by atoms with van der Waals surface area (Å²) in [5.41, 5.74) is 0. The van der Waals surface area contributed by atoms with Crippen LogP contribution in [-0.2, 0) is 4.79 Å². The summed E-state index contributed by atoms with van der Waals surface area (Å²) in [5.74, 6) is 3.87. The molecule has 2 aliphatic rings. The van der Waals surface area contributed by atoms with E-state index in [1.54, 1.807) is 0 Å². The third kappa shape index (κ3) is 4.35. The summed E-state index contributed by atoms with van der Waals surface area (Å²) >= 11 is 3.99. The van der Waals surface area contributed by atoms with Gasteiger partial charge in [0.05, 0.1) is 6.04 Å². The number of halogens is 1. The number of thioether (sulfide) groups is 2. The Morgan fingerprint density at radius 1 is 1.44 bits per heavy atom. The first kappa shape index (κ1) is 14.5. The minimum atomic E-state index is 0. The molecule has 1 unspecified atom stereocenters. The smallest absolute Gasteiger partial charge is 0.237 e. The molecule has 2 heterocycles. The molecular formula is C10H19ClN2OS2. The third-order valence-electron chi connectivity index (χ3n) is 2.77. The molecule has 2 saturated heterocycles. The fourth-order valence-corrected chi connectivity index (χ4v) is 4.51. The van der Waals surface area contributed by atoms with Gasteiger partial charge in [0.25, 0.3) is 0 Å². The first-order chi connectivity index (χ1) is 7.36. The number of hydrogen-bond acceptors (Lipinski definition) is 4. The van der Waals surface area contributed by atoms with E-state index in [2.05, 4.69) is 10.6 Å². The molecule has 2 atom stereocenters. The van der Waals surface area contributed by atoms with Crippen molar-refractivity contribution in [3.63, 3.8) is 0 Å². The van der Waals surface area contributed by atoms with Crippen molar-refractivity contribution in [1.82, 2.24) is 10.6 Å². The minimum Gasteiger partial charge on any atom is -0.354 e. The van der Waals surface area contributed by atoms with Crippen LogP contribution in [0.4, 0.5) is 0 Å². The maximum Gasteiger partial charge on any atom is 0.237 e. The topological polar surface area (TPSA) is 41.1 Å². The summed E-state index contributed by atoms with van der Waals surface area (Å²) in [7, 11) is 0. The van der Waals surface area contributed by atoms with Crippen LogP contribution in [0, 0.1) is 0 Å². The molecule has 0 aromatic heterocycles. The van der Waals surface area contributed by atoms with Gasteiger partial charge in [0.15, 0.2) is 0 Å². The highest BCUT2D eigenvalue weighted by molar-refractivity contribution is 8.06. The lowest BCUT2D eigenvalue weighted by Crippen LogP contribution is -2.43. The molecule has 0 aromatic carbocycles. The Kier molecular flexibility index (Phi) is 6.96.